The fourth-order valence-electron chi connectivity index (χ4n) is 3.89. The highest BCUT2D eigenvalue weighted by atomic mass is 32.2. The summed E-state index contributed by atoms with van der Waals surface area (Å²) in [6, 6.07) is 19.0. The average molecular weight is 556 g/mol. The molecule has 2 amide bonds. The molecule has 0 radical (unpaired) electrons. The van der Waals surface area contributed by atoms with Gasteiger partial charge in [-0.25, -0.2) is 12.8 Å². The van der Waals surface area contributed by atoms with Gasteiger partial charge in [-0.3, -0.25) is 13.9 Å². The number of halogens is 1. The van der Waals surface area contributed by atoms with Crippen molar-refractivity contribution >= 4 is 27.5 Å². The molecule has 0 saturated carbocycles. The normalized spacial score (nSPS) is 11.9. The van der Waals surface area contributed by atoms with Crippen LogP contribution >= 0.6 is 0 Å². The number of benzene rings is 3. The van der Waals surface area contributed by atoms with Gasteiger partial charge in [-0.05, 0) is 74.4 Å². The second-order valence-corrected chi connectivity index (χ2v) is 10.7. The highest BCUT2D eigenvalue weighted by molar-refractivity contribution is 7.92. The minimum atomic E-state index is -4.17. The lowest BCUT2D eigenvalue weighted by molar-refractivity contribution is -0.139. The Hall–Kier alpha value is -3.92. The van der Waals surface area contributed by atoms with E-state index in [9.17, 15) is 22.4 Å². The van der Waals surface area contributed by atoms with Gasteiger partial charge >= 0.3 is 0 Å². The van der Waals surface area contributed by atoms with Gasteiger partial charge in [0.25, 0.3) is 10.0 Å². The molecule has 1 N–H and O–H groups in total. The third kappa shape index (κ3) is 7.79. The summed E-state index contributed by atoms with van der Waals surface area (Å²) in [6.07, 6.45) is 0.715. The maximum atomic E-state index is 13.8. The van der Waals surface area contributed by atoms with Gasteiger partial charge in [-0.1, -0.05) is 37.3 Å². The van der Waals surface area contributed by atoms with E-state index in [0.29, 0.717) is 36.6 Å². The highest BCUT2D eigenvalue weighted by Crippen LogP contribution is 2.26. The van der Waals surface area contributed by atoms with E-state index in [1.165, 1.54) is 41.3 Å². The van der Waals surface area contributed by atoms with Crippen LogP contribution in [0.2, 0.25) is 0 Å². The van der Waals surface area contributed by atoms with Crippen molar-refractivity contribution < 1.29 is 27.1 Å². The lowest BCUT2D eigenvalue weighted by Crippen LogP contribution is -2.51. The quantitative estimate of drug-likeness (QED) is 0.338. The van der Waals surface area contributed by atoms with E-state index in [2.05, 4.69) is 5.32 Å². The molecular weight excluding hydrogens is 521 g/mol. The van der Waals surface area contributed by atoms with Gasteiger partial charge in [0.1, 0.15) is 24.2 Å². The molecule has 0 bridgehead atoms. The first kappa shape index (κ1) is 29.6. The van der Waals surface area contributed by atoms with Crippen LogP contribution in [0.25, 0.3) is 0 Å². The predicted molar refractivity (Wildman–Crippen MR) is 148 cm³/mol. The molecule has 0 aliphatic heterocycles. The Labute approximate surface area is 229 Å². The summed E-state index contributed by atoms with van der Waals surface area (Å²) in [5.74, 6) is -0.858. The van der Waals surface area contributed by atoms with Gasteiger partial charge in [0.05, 0.1) is 17.2 Å². The van der Waals surface area contributed by atoms with Crippen molar-refractivity contribution in [1.29, 1.82) is 0 Å². The largest absolute Gasteiger partial charge is 0.494 e. The van der Waals surface area contributed by atoms with Crippen LogP contribution in [-0.2, 0) is 26.2 Å². The molecule has 8 nitrogen and oxygen atoms in total. The van der Waals surface area contributed by atoms with Crippen LogP contribution in [0.5, 0.6) is 5.75 Å². The summed E-state index contributed by atoms with van der Waals surface area (Å²) in [5.41, 5.74) is 0.894. The number of hydrogen-bond donors (Lipinski definition) is 1. The average Bonchev–Trinajstić information content (AvgIpc) is 2.94. The number of ether oxygens (including phenoxy) is 1. The molecule has 39 heavy (non-hydrogen) atoms. The molecule has 10 heteroatoms. The molecule has 0 spiro atoms. The second kappa shape index (κ2) is 13.7. The van der Waals surface area contributed by atoms with Crippen LogP contribution in [0, 0.1) is 5.82 Å². The van der Waals surface area contributed by atoms with Crippen molar-refractivity contribution in [1.82, 2.24) is 10.2 Å². The first-order chi connectivity index (χ1) is 18.7. The molecule has 0 heterocycles. The Morgan fingerprint density at radius 1 is 0.949 bits per heavy atom. The Kier molecular flexibility index (Phi) is 10.4. The molecule has 0 aromatic heterocycles. The maximum absolute atomic E-state index is 13.8. The summed E-state index contributed by atoms with van der Waals surface area (Å²) < 4.78 is 47.5. The monoisotopic (exact) mass is 555 g/mol. The number of amides is 2. The zero-order chi connectivity index (χ0) is 28.4. The van der Waals surface area contributed by atoms with E-state index in [-0.39, 0.29) is 17.3 Å². The molecule has 0 aliphatic rings. The number of sulfonamides is 1. The number of para-hydroxylation sites is 1. The van der Waals surface area contributed by atoms with Crippen molar-refractivity contribution in [2.45, 2.75) is 44.7 Å². The predicted octanol–water partition coefficient (Wildman–Crippen LogP) is 4.36. The van der Waals surface area contributed by atoms with Gasteiger partial charge < -0.3 is 15.0 Å². The van der Waals surface area contributed by atoms with E-state index in [1.54, 1.807) is 49.4 Å². The zero-order valence-electron chi connectivity index (χ0n) is 22.3. The smallest absolute Gasteiger partial charge is 0.264 e. The lowest BCUT2D eigenvalue weighted by atomic mass is 10.1. The molecule has 1 atom stereocenters. The van der Waals surface area contributed by atoms with Gasteiger partial charge in [-0.2, -0.15) is 0 Å². The fourth-order valence-corrected chi connectivity index (χ4v) is 5.30. The zero-order valence-corrected chi connectivity index (χ0v) is 23.2. The van der Waals surface area contributed by atoms with Crippen LogP contribution in [0.1, 0.15) is 32.8 Å². The third-order valence-corrected chi connectivity index (χ3v) is 7.82. The number of hydrogen-bond acceptors (Lipinski definition) is 5. The van der Waals surface area contributed by atoms with Crippen molar-refractivity contribution in [3.05, 3.63) is 90.2 Å². The number of carbonyl (C=O) groups is 2. The molecule has 0 aliphatic carbocycles. The Bertz CT molecular complexity index is 1330. The van der Waals surface area contributed by atoms with Crippen molar-refractivity contribution in [3.8, 4) is 5.75 Å². The molecular formula is C29H34FN3O5S. The van der Waals surface area contributed by atoms with Crippen molar-refractivity contribution in [2.75, 3.05) is 24.0 Å². The first-order valence-corrected chi connectivity index (χ1v) is 14.2. The fraction of sp³-hybridized carbons (Fsp3) is 0.310. The SMILES string of the molecule is CCCNC(=O)[C@H](C)N(Cc1ccc(F)cc1)C(=O)CN(c1ccccc1)S(=O)(=O)c1ccc(OCC)cc1. The number of carbonyl (C=O) groups excluding carboxylic acids is 2. The van der Waals surface area contributed by atoms with Gasteiger partial charge in [0.15, 0.2) is 0 Å². The molecule has 3 aromatic carbocycles. The van der Waals surface area contributed by atoms with E-state index >= 15 is 0 Å². The van der Waals surface area contributed by atoms with E-state index in [0.717, 1.165) is 4.31 Å². The second-order valence-electron chi connectivity index (χ2n) is 8.87. The number of nitrogens with zero attached hydrogens (tertiary/aromatic N) is 2. The summed E-state index contributed by atoms with van der Waals surface area (Å²) in [6.45, 7) is 5.64. The van der Waals surface area contributed by atoms with Gasteiger partial charge in [0.2, 0.25) is 11.8 Å². The maximum Gasteiger partial charge on any atom is 0.264 e. The molecule has 3 aromatic rings. The number of anilines is 1. The lowest BCUT2D eigenvalue weighted by Gasteiger charge is -2.32. The molecule has 0 unspecified atom stereocenters. The minimum absolute atomic E-state index is 0.00838. The van der Waals surface area contributed by atoms with Crippen LogP contribution < -0.4 is 14.4 Å². The molecule has 0 saturated heterocycles. The van der Waals surface area contributed by atoms with Gasteiger partial charge in [0, 0.05) is 13.1 Å². The van der Waals surface area contributed by atoms with Crippen LogP contribution in [0.15, 0.2) is 83.8 Å². The van der Waals surface area contributed by atoms with Crippen LogP contribution in [0.3, 0.4) is 0 Å². The first-order valence-electron chi connectivity index (χ1n) is 12.8. The Balaban J connectivity index is 1.97. The van der Waals surface area contributed by atoms with Crippen LogP contribution in [0.4, 0.5) is 10.1 Å². The Morgan fingerprint density at radius 2 is 1.59 bits per heavy atom. The van der Waals surface area contributed by atoms with Gasteiger partial charge in [-0.15, -0.1) is 0 Å². The van der Waals surface area contributed by atoms with E-state index < -0.39 is 34.3 Å². The third-order valence-electron chi connectivity index (χ3n) is 6.03. The summed E-state index contributed by atoms with van der Waals surface area (Å²) >= 11 is 0. The van der Waals surface area contributed by atoms with Crippen molar-refractivity contribution in [2.24, 2.45) is 0 Å². The van der Waals surface area contributed by atoms with Crippen LogP contribution in [-0.4, -0.2) is 50.9 Å². The summed E-state index contributed by atoms with van der Waals surface area (Å²) in [4.78, 5) is 27.9. The topological polar surface area (TPSA) is 96.0 Å². The molecule has 3 rings (SSSR count). The number of nitrogens with one attached hydrogen (secondary N) is 1. The molecule has 0 fully saturated rings. The minimum Gasteiger partial charge on any atom is -0.494 e. The number of rotatable bonds is 13. The van der Waals surface area contributed by atoms with Crippen molar-refractivity contribution in [3.63, 3.8) is 0 Å². The molecule has 208 valence electrons. The van der Waals surface area contributed by atoms with E-state index in [1.807, 2.05) is 13.8 Å². The Morgan fingerprint density at radius 3 is 2.18 bits per heavy atom. The highest BCUT2D eigenvalue weighted by Gasteiger charge is 2.32. The van der Waals surface area contributed by atoms with E-state index in [4.69, 9.17) is 4.74 Å². The standard InChI is InChI=1S/C29H34FN3O5S/c1-4-19-31-29(35)22(3)32(20-23-11-13-24(30)14-12-23)28(34)21-33(25-9-7-6-8-10-25)39(36,37)27-17-15-26(16-18-27)38-5-2/h6-18,22H,4-5,19-21H2,1-3H3,(H,31,35)/t22-/m0/s1. The summed E-state index contributed by atoms with van der Waals surface area (Å²) in [5, 5.41) is 2.78. The summed E-state index contributed by atoms with van der Waals surface area (Å²) in [7, 11) is -4.17.